The predicted molar refractivity (Wildman–Crippen MR) is 108 cm³/mol. The summed E-state index contributed by atoms with van der Waals surface area (Å²) in [5.41, 5.74) is 6.62. The van der Waals surface area contributed by atoms with Gasteiger partial charge in [-0.05, 0) is 42.8 Å². The molecular formula is C22H21N3. The number of rotatable bonds is 3. The Morgan fingerprint density at radius 1 is 0.800 bits per heavy atom. The second kappa shape index (κ2) is 6.10. The van der Waals surface area contributed by atoms with Gasteiger partial charge in [0.05, 0.1) is 16.7 Å². The van der Waals surface area contributed by atoms with Gasteiger partial charge in [-0.1, -0.05) is 36.4 Å². The SMILES string of the molecule is Cc1cccc2c(Nc3ccc(N(C)C)cc3)c3ccccc3nc12. The second-order valence-corrected chi connectivity index (χ2v) is 6.54. The number of para-hydroxylation sites is 2. The van der Waals surface area contributed by atoms with Gasteiger partial charge in [-0.2, -0.15) is 0 Å². The van der Waals surface area contributed by atoms with Crippen molar-refractivity contribution in [1.82, 2.24) is 4.98 Å². The van der Waals surface area contributed by atoms with Gasteiger partial charge in [-0.15, -0.1) is 0 Å². The van der Waals surface area contributed by atoms with Crippen LogP contribution in [0.2, 0.25) is 0 Å². The van der Waals surface area contributed by atoms with Gasteiger partial charge in [0, 0.05) is 36.2 Å². The van der Waals surface area contributed by atoms with Gasteiger partial charge < -0.3 is 10.2 Å². The van der Waals surface area contributed by atoms with Gasteiger partial charge in [0.1, 0.15) is 0 Å². The maximum atomic E-state index is 4.87. The number of nitrogens with zero attached hydrogens (tertiary/aromatic N) is 2. The van der Waals surface area contributed by atoms with E-state index in [4.69, 9.17) is 4.98 Å². The molecule has 0 aliphatic rings. The van der Waals surface area contributed by atoms with Crippen LogP contribution in [0.5, 0.6) is 0 Å². The van der Waals surface area contributed by atoms with Crippen LogP contribution in [0, 0.1) is 6.92 Å². The summed E-state index contributed by atoms with van der Waals surface area (Å²) in [4.78, 5) is 6.97. The molecule has 1 heterocycles. The Labute approximate surface area is 147 Å². The quantitative estimate of drug-likeness (QED) is 0.503. The van der Waals surface area contributed by atoms with Crippen LogP contribution < -0.4 is 10.2 Å². The van der Waals surface area contributed by atoms with Crippen molar-refractivity contribution in [1.29, 1.82) is 0 Å². The van der Waals surface area contributed by atoms with Gasteiger partial charge in [0.25, 0.3) is 0 Å². The van der Waals surface area contributed by atoms with Crippen LogP contribution in [0.1, 0.15) is 5.56 Å². The molecule has 124 valence electrons. The normalized spacial score (nSPS) is 11.0. The largest absolute Gasteiger partial charge is 0.378 e. The van der Waals surface area contributed by atoms with Crippen molar-refractivity contribution in [3.63, 3.8) is 0 Å². The van der Waals surface area contributed by atoms with Crippen molar-refractivity contribution in [2.24, 2.45) is 0 Å². The fourth-order valence-electron chi connectivity index (χ4n) is 3.18. The third kappa shape index (κ3) is 2.78. The average molecular weight is 327 g/mol. The number of aromatic nitrogens is 1. The van der Waals surface area contributed by atoms with Gasteiger partial charge in [-0.3, -0.25) is 0 Å². The first kappa shape index (κ1) is 15.5. The summed E-state index contributed by atoms with van der Waals surface area (Å²) in [6, 6.07) is 23.1. The number of fused-ring (bicyclic) bond motifs is 2. The van der Waals surface area contributed by atoms with Crippen LogP contribution in [-0.2, 0) is 0 Å². The van der Waals surface area contributed by atoms with E-state index in [2.05, 4.69) is 91.9 Å². The molecule has 0 fully saturated rings. The van der Waals surface area contributed by atoms with Gasteiger partial charge in [-0.25, -0.2) is 4.98 Å². The van der Waals surface area contributed by atoms with Crippen molar-refractivity contribution in [2.45, 2.75) is 6.92 Å². The van der Waals surface area contributed by atoms with E-state index in [0.717, 1.165) is 33.2 Å². The Morgan fingerprint density at radius 2 is 1.52 bits per heavy atom. The van der Waals surface area contributed by atoms with E-state index in [1.54, 1.807) is 0 Å². The first-order chi connectivity index (χ1) is 12.1. The molecule has 0 saturated heterocycles. The summed E-state index contributed by atoms with van der Waals surface area (Å²) in [5, 5.41) is 5.91. The lowest BCUT2D eigenvalue weighted by Crippen LogP contribution is -2.08. The number of anilines is 3. The lowest BCUT2D eigenvalue weighted by molar-refractivity contribution is 1.13. The molecule has 0 saturated carbocycles. The molecule has 3 heteroatoms. The molecule has 1 aromatic heterocycles. The zero-order valence-corrected chi connectivity index (χ0v) is 14.7. The first-order valence-corrected chi connectivity index (χ1v) is 8.46. The summed E-state index contributed by atoms with van der Waals surface area (Å²) in [6.07, 6.45) is 0. The van der Waals surface area contributed by atoms with Crippen LogP contribution in [0.4, 0.5) is 17.1 Å². The van der Waals surface area contributed by atoms with Crippen LogP contribution in [-0.4, -0.2) is 19.1 Å². The monoisotopic (exact) mass is 327 g/mol. The van der Waals surface area contributed by atoms with Crippen molar-refractivity contribution >= 4 is 38.9 Å². The minimum absolute atomic E-state index is 1.01. The minimum Gasteiger partial charge on any atom is -0.378 e. The highest BCUT2D eigenvalue weighted by atomic mass is 15.1. The van der Waals surface area contributed by atoms with Crippen LogP contribution in [0.15, 0.2) is 66.7 Å². The number of benzene rings is 3. The molecule has 0 spiro atoms. The van der Waals surface area contributed by atoms with E-state index in [0.29, 0.717) is 0 Å². The number of aryl methyl sites for hydroxylation is 1. The second-order valence-electron chi connectivity index (χ2n) is 6.54. The molecule has 25 heavy (non-hydrogen) atoms. The molecule has 1 N–H and O–H groups in total. The molecule has 0 amide bonds. The molecule has 0 aliphatic carbocycles. The summed E-state index contributed by atoms with van der Waals surface area (Å²) >= 11 is 0. The smallest absolute Gasteiger partial charge is 0.0759 e. The van der Waals surface area contributed by atoms with Crippen molar-refractivity contribution in [2.75, 3.05) is 24.3 Å². The Morgan fingerprint density at radius 3 is 2.28 bits per heavy atom. The van der Waals surface area contributed by atoms with Crippen LogP contribution in [0.3, 0.4) is 0 Å². The standard InChI is InChI=1S/C22H21N3/c1-15-7-6-9-19-21(15)24-20-10-5-4-8-18(20)22(19)23-16-11-13-17(14-12-16)25(2)3/h4-14H,1-3H3,(H,23,24). The highest BCUT2D eigenvalue weighted by Crippen LogP contribution is 2.34. The Bertz CT molecular complexity index is 1050. The minimum atomic E-state index is 1.01. The third-order valence-electron chi connectivity index (χ3n) is 4.57. The molecule has 3 nitrogen and oxygen atoms in total. The molecule has 0 atom stereocenters. The number of hydrogen-bond acceptors (Lipinski definition) is 3. The maximum Gasteiger partial charge on any atom is 0.0759 e. The highest BCUT2D eigenvalue weighted by Gasteiger charge is 2.10. The molecule has 3 aromatic carbocycles. The topological polar surface area (TPSA) is 28.2 Å². The van der Waals surface area contributed by atoms with Crippen molar-refractivity contribution in [3.05, 3.63) is 72.3 Å². The van der Waals surface area contributed by atoms with Gasteiger partial charge >= 0.3 is 0 Å². The molecule has 4 aromatic rings. The fraction of sp³-hybridized carbons (Fsp3) is 0.136. The molecule has 0 bridgehead atoms. The molecular weight excluding hydrogens is 306 g/mol. The van der Waals surface area contributed by atoms with Crippen molar-refractivity contribution < 1.29 is 0 Å². The number of pyridine rings is 1. The lowest BCUT2D eigenvalue weighted by atomic mass is 10.0. The van der Waals surface area contributed by atoms with Gasteiger partial charge in [0.2, 0.25) is 0 Å². The van der Waals surface area contributed by atoms with E-state index < -0.39 is 0 Å². The van der Waals surface area contributed by atoms with E-state index >= 15 is 0 Å². The molecule has 0 unspecified atom stereocenters. The zero-order chi connectivity index (χ0) is 17.4. The number of hydrogen-bond donors (Lipinski definition) is 1. The summed E-state index contributed by atoms with van der Waals surface area (Å²) < 4.78 is 0. The highest BCUT2D eigenvalue weighted by molar-refractivity contribution is 6.09. The van der Waals surface area contributed by atoms with E-state index in [9.17, 15) is 0 Å². The molecule has 0 radical (unpaired) electrons. The van der Waals surface area contributed by atoms with E-state index in [-0.39, 0.29) is 0 Å². The number of nitrogens with one attached hydrogen (secondary N) is 1. The van der Waals surface area contributed by atoms with Crippen LogP contribution in [0.25, 0.3) is 21.8 Å². The summed E-state index contributed by atoms with van der Waals surface area (Å²) in [5.74, 6) is 0. The lowest BCUT2D eigenvalue weighted by Gasteiger charge is -2.16. The van der Waals surface area contributed by atoms with Crippen LogP contribution >= 0.6 is 0 Å². The zero-order valence-electron chi connectivity index (χ0n) is 14.7. The molecule has 4 rings (SSSR count). The Balaban J connectivity index is 1.90. The Kier molecular flexibility index (Phi) is 3.77. The third-order valence-corrected chi connectivity index (χ3v) is 4.57. The average Bonchev–Trinajstić information content (AvgIpc) is 2.63. The Hall–Kier alpha value is -3.07. The summed E-state index contributed by atoms with van der Waals surface area (Å²) in [6.45, 7) is 2.11. The predicted octanol–water partition coefficient (Wildman–Crippen LogP) is 5.51. The first-order valence-electron chi connectivity index (χ1n) is 8.46. The van der Waals surface area contributed by atoms with E-state index in [1.807, 2.05) is 6.07 Å². The summed E-state index contributed by atoms with van der Waals surface area (Å²) in [7, 11) is 4.10. The fourth-order valence-corrected chi connectivity index (χ4v) is 3.18. The van der Waals surface area contributed by atoms with E-state index in [1.165, 1.54) is 11.3 Å². The maximum absolute atomic E-state index is 4.87. The van der Waals surface area contributed by atoms with Gasteiger partial charge in [0.15, 0.2) is 0 Å². The van der Waals surface area contributed by atoms with Crippen molar-refractivity contribution in [3.8, 4) is 0 Å². The molecule has 0 aliphatic heterocycles.